The Morgan fingerprint density at radius 3 is 2.13 bits per heavy atom. The molecule has 3 aromatic rings. The fourth-order valence-corrected chi connectivity index (χ4v) is 5.93. The van der Waals surface area contributed by atoms with E-state index in [-0.39, 0.29) is 23.2 Å². The van der Waals surface area contributed by atoms with Crippen molar-refractivity contribution in [2.45, 2.75) is 64.0 Å². The second-order valence-corrected chi connectivity index (χ2v) is 12.8. The van der Waals surface area contributed by atoms with Crippen LogP contribution in [-0.4, -0.2) is 43.8 Å². The van der Waals surface area contributed by atoms with Crippen molar-refractivity contribution in [3.8, 4) is 5.75 Å². The molecule has 0 bridgehead atoms. The number of benzene rings is 2. The highest BCUT2D eigenvalue weighted by atomic mass is 32.2. The molecule has 1 saturated heterocycles. The van der Waals surface area contributed by atoms with Gasteiger partial charge in [-0.2, -0.15) is 4.31 Å². The molecule has 1 aliphatic rings. The molecule has 0 spiro atoms. The molecule has 1 aliphatic heterocycles. The van der Waals surface area contributed by atoms with E-state index in [1.807, 2.05) is 24.3 Å². The van der Waals surface area contributed by atoms with Crippen LogP contribution in [0.15, 0.2) is 75.0 Å². The molecule has 38 heavy (non-hydrogen) atoms. The van der Waals surface area contributed by atoms with E-state index in [0.717, 1.165) is 24.0 Å². The lowest BCUT2D eigenvalue weighted by atomic mass is 9.87. The largest absolute Gasteiger partial charge is 0.482 e. The maximum absolute atomic E-state index is 13.1. The molecular formula is C30H38N2O5S. The second kappa shape index (κ2) is 11.8. The number of sulfonamides is 1. The molecule has 0 atom stereocenters. The van der Waals surface area contributed by atoms with Gasteiger partial charge in [-0.3, -0.25) is 9.69 Å². The van der Waals surface area contributed by atoms with Crippen LogP contribution in [-0.2, 0) is 35.0 Å². The van der Waals surface area contributed by atoms with Gasteiger partial charge < -0.3 is 9.15 Å². The summed E-state index contributed by atoms with van der Waals surface area (Å²) in [5.41, 5.74) is 3.21. The molecule has 2 heterocycles. The lowest BCUT2D eigenvalue weighted by Crippen LogP contribution is -2.48. The SMILES string of the molecule is CCCc1ccc(S(=O)(=O)N2CCN(Cc3cc(=O)c(OCc4ccc(C(C)(C)C)cc4)co3)CC2)cc1. The Kier molecular flexibility index (Phi) is 8.75. The van der Waals surface area contributed by atoms with Crippen molar-refractivity contribution in [1.82, 2.24) is 9.21 Å². The molecule has 0 saturated carbocycles. The van der Waals surface area contributed by atoms with Crippen LogP contribution in [0.5, 0.6) is 5.75 Å². The van der Waals surface area contributed by atoms with E-state index in [1.54, 1.807) is 12.1 Å². The first kappa shape index (κ1) is 28.1. The summed E-state index contributed by atoms with van der Waals surface area (Å²) in [4.78, 5) is 15.0. The van der Waals surface area contributed by atoms with Crippen molar-refractivity contribution < 1.29 is 17.6 Å². The van der Waals surface area contributed by atoms with Gasteiger partial charge in [0.2, 0.25) is 21.2 Å². The molecule has 7 nitrogen and oxygen atoms in total. The molecule has 2 aromatic carbocycles. The minimum Gasteiger partial charge on any atom is -0.482 e. The third-order valence-corrected chi connectivity index (χ3v) is 8.79. The third-order valence-electron chi connectivity index (χ3n) is 6.88. The van der Waals surface area contributed by atoms with Gasteiger partial charge in [0.1, 0.15) is 18.6 Å². The number of ether oxygens (including phenoxy) is 1. The van der Waals surface area contributed by atoms with Gasteiger partial charge in [-0.1, -0.05) is 70.5 Å². The first-order chi connectivity index (χ1) is 18.1. The van der Waals surface area contributed by atoms with E-state index in [4.69, 9.17) is 9.15 Å². The van der Waals surface area contributed by atoms with Crippen LogP contribution in [0, 0.1) is 0 Å². The smallest absolute Gasteiger partial charge is 0.243 e. The Bertz CT molecular complexity index is 1370. The summed E-state index contributed by atoms with van der Waals surface area (Å²) in [5, 5.41) is 0. The Hall–Kier alpha value is -2.94. The quantitative estimate of drug-likeness (QED) is 0.383. The van der Waals surface area contributed by atoms with Gasteiger partial charge in [0, 0.05) is 32.2 Å². The van der Waals surface area contributed by atoms with Gasteiger partial charge in [-0.05, 0) is 40.7 Å². The molecule has 0 N–H and O–H groups in total. The molecular weight excluding hydrogens is 500 g/mol. The predicted octanol–water partition coefficient (Wildman–Crippen LogP) is 4.98. The molecule has 0 aliphatic carbocycles. The average molecular weight is 539 g/mol. The van der Waals surface area contributed by atoms with Crippen molar-refractivity contribution in [3.05, 3.63) is 93.5 Å². The summed E-state index contributed by atoms with van der Waals surface area (Å²) in [7, 11) is -3.52. The van der Waals surface area contributed by atoms with Gasteiger partial charge in [0.05, 0.1) is 11.4 Å². The fourth-order valence-electron chi connectivity index (χ4n) is 4.50. The van der Waals surface area contributed by atoms with Gasteiger partial charge in [0.15, 0.2) is 0 Å². The van der Waals surface area contributed by atoms with Crippen molar-refractivity contribution in [2.24, 2.45) is 0 Å². The molecule has 1 fully saturated rings. The minimum atomic E-state index is -3.52. The maximum atomic E-state index is 13.1. The Morgan fingerprint density at radius 2 is 1.55 bits per heavy atom. The number of nitrogens with zero attached hydrogens (tertiary/aromatic N) is 2. The number of hydrogen-bond acceptors (Lipinski definition) is 6. The zero-order valence-electron chi connectivity index (χ0n) is 22.8. The normalized spacial score (nSPS) is 15.5. The summed E-state index contributed by atoms with van der Waals surface area (Å²) < 4.78 is 39.1. The topological polar surface area (TPSA) is 80.1 Å². The van der Waals surface area contributed by atoms with Crippen LogP contribution >= 0.6 is 0 Å². The third kappa shape index (κ3) is 6.92. The monoisotopic (exact) mass is 538 g/mol. The van der Waals surface area contributed by atoms with E-state index in [0.29, 0.717) is 43.4 Å². The minimum absolute atomic E-state index is 0.0809. The van der Waals surface area contributed by atoms with Gasteiger partial charge in [-0.25, -0.2) is 8.42 Å². The predicted molar refractivity (Wildman–Crippen MR) is 149 cm³/mol. The van der Waals surface area contributed by atoms with Gasteiger partial charge in [0.25, 0.3) is 0 Å². The first-order valence-electron chi connectivity index (χ1n) is 13.2. The van der Waals surface area contributed by atoms with Crippen LogP contribution in [0.1, 0.15) is 56.6 Å². The van der Waals surface area contributed by atoms with Crippen molar-refractivity contribution in [3.63, 3.8) is 0 Å². The molecule has 0 unspecified atom stereocenters. The highest BCUT2D eigenvalue weighted by Gasteiger charge is 2.28. The summed E-state index contributed by atoms with van der Waals surface area (Å²) in [6.07, 6.45) is 3.33. The summed E-state index contributed by atoms with van der Waals surface area (Å²) in [6, 6.07) is 16.8. The van der Waals surface area contributed by atoms with Crippen molar-refractivity contribution in [1.29, 1.82) is 0 Å². The van der Waals surface area contributed by atoms with E-state index < -0.39 is 10.0 Å². The van der Waals surface area contributed by atoms with E-state index in [1.165, 1.54) is 22.2 Å². The van der Waals surface area contributed by atoms with Crippen molar-refractivity contribution in [2.75, 3.05) is 26.2 Å². The molecule has 0 radical (unpaired) electrons. The average Bonchev–Trinajstić information content (AvgIpc) is 2.89. The lowest BCUT2D eigenvalue weighted by Gasteiger charge is -2.33. The maximum Gasteiger partial charge on any atom is 0.243 e. The van der Waals surface area contributed by atoms with Gasteiger partial charge >= 0.3 is 0 Å². The van der Waals surface area contributed by atoms with E-state index >= 15 is 0 Å². The number of piperazine rings is 1. The van der Waals surface area contributed by atoms with Crippen LogP contribution in [0.4, 0.5) is 0 Å². The molecule has 0 amide bonds. The summed E-state index contributed by atoms with van der Waals surface area (Å²) in [6.45, 7) is 11.2. The molecule has 8 heteroatoms. The van der Waals surface area contributed by atoms with Crippen LogP contribution in [0.2, 0.25) is 0 Å². The van der Waals surface area contributed by atoms with Crippen LogP contribution in [0.25, 0.3) is 0 Å². The second-order valence-electron chi connectivity index (χ2n) is 10.9. The molecule has 204 valence electrons. The number of hydrogen-bond donors (Lipinski definition) is 0. The Balaban J connectivity index is 1.29. The zero-order valence-corrected chi connectivity index (χ0v) is 23.6. The number of rotatable bonds is 9. The highest BCUT2D eigenvalue weighted by molar-refractivity contribution is 7.89. The lowest BCUT2D eigenvalue weighted by molar-refractivity contribution is 0.169. The standard InChI is InChI=1S/C30H38N2O5S/c1-5-6-23-9-13-27(14-10-23)38(34,35)32-17-15-31(16-18-32)20-26-19-28(33)29(22-36-26)37-21-24-7-11-25(12-8-24)30(2,3)4/h7-14,19,22H,5-6,15-18,20-21H2,1-4H3. The van der Waals surface area contributed by atoms with Gasteiger partial charge in [-0.15, -0.1) is 0 Å². The Morgan fingerprint density at radius 1 is 0.921 bits per heavy atom. The number of aryl methyl sites for hydroxylation is 1. The van der Waals surface area contributed by atoms with E-state index in [9.17, 15) is 13.2 Å². The zero-order chi connectivity index (χ0) is 27.3. The first-order valence-corrected chi connectivity index (χ1v) is 14.7. The highest BCUT2D eigenvalue weighted by Crippen LogP contribution is 2.23. The van der Waals surface area contributed by atoms with Crippen molar-refractivity contribution >= 4 is 10.0 Å². The van der Waals surface area contributed by atoms with E-state index in [2.05, 4.69) is 44.7 Å². The molecule has 1 aromatic heterocycles. The summed E-state index contributed by atoms with van der Waals surface area (Å²) in [5.74, 6) is 0.703. The van der Waals surface area contributed by atoms with Crippen LogP contribution in [0.3, 0.4) is 0 Å². The Labute approximate surface area is 226 Å². The molecule has 4 rings (SSSR count). The van der Waals surface area contributed by atoms with Crippen LogP contribution < -0.4 is 10.2 Å². The summed E-state index contributed by atoms with van der Waals surface area (Å²) >= 11 is 0. The fraction of sp³-hybridized carbons (Fsp3) is 0.433.